The highest BCUT2D eigenvalue weighted by molar-refractivity contribution is 6.35. The van der Waals surface area contributed by atoms with E-state index >= 15 is 0 Å². The molecule has 1 aromatic carbocycles. The summed E-state index contributed by atoms with van der Waals surface area (Å²) in [7, 11) is 0. The van der Waals surface area contributed by atoms with Crippen LogP contribution < -0.4 is 0 Å². The van der Waals surface area contributed by atoms with E-state index in [1.807, 2.05) is 6.92 Å². The SMILES string of the molecule is CC1CCN(C(=O)c2cc(Cl)ccc2Cl)CC1O. The third kappa shape index (κ3) is 2.79. The van der Waals surface area contributed by atoms with E-state index in [2.05, 4.69) is 0 Å². The standard InChI is InChI=1S/C13H15Cl2NO2/c1-8-4-5-16(7-12(8)17)13(18)10-6-9(14)2-3-11(10)15/h2-3,6,8,12,17H,4-5,7H2,1H3. The molecule has 1 amide bonds. The summed E-state index contributed by atoms with van der Waals surface area (Å²) >= 11 is 11.9. The number of β-amino-alcohol motifs (C(OH)–C–C–N with tert-alkyl or cyclic N) is 1. The lowest BCUT2D eigenvalue weighted by Crippen LogP contribution is -2.45. The quantitative estimate of drug-likeness (QED) is 0.863. The number of amides is 1. The van der Waals surface area contributed by atoms with E-state index < -0.39 is 6.10 Å². The van der Waals surface area contributed by atoms with Crippen LogP contribution in [0.2, 0.25) is 10.0 Å². The maximum absolute atomic E-state index is 12.3. The Morgan fingerprint density at radius 1 is 1.44 bits per heavy atom. The molecule has 18 heavy (non-hydrogen) atoms. The molecule has 2 rings (SSSR count). The predicted molar refractivity (Wildman–Crippen MR) is 72.2 cm³/mol. The molecule has 0 aliphatic carbocycles. The maximum Gasteiger partial charge on any atom is 0.255 e. The first-order valence-electron chi connectivity index (χ1n) is 5.91. The van der Waals surface area contributed by atoms with E-state index in [9.17, 15) is 9.90 Å². The van der Waals surface area contributed by atoms with Gasteiger partial charge in [0.15, 0.2) is 0 Å². The van der Waals surface area contributed by atoms with E-state index in [0.717, 1.165) is 6.42 Å². The Labute approximate surface area is 116 Å². The van der Waals surface area contributed by atoms with Crippen molar-refractivity contribution in [3.05, 3.63) is 33.8 Å². The van der Waals surface area contributed by atoms with Crippen LogP contribution in [0.3, 0.4) is 0 Å². The number of piperidine rings is 1. The highest BCUT2D eigenvalue weighted by Gasteiger charge is 2.28. The number of benzene rings is 1. The third-order valence-electron chi connectivity index (χ3n) is 3.36. The molecule has 1 aromatic rings. The maximum atomic E-state index is 12.3. The average molecular weight is 288 g/mol. The van der Waals surface area contributed by atoms with Gasteiger partial charge in [-0.05, 0) is 30.5 Å². The van der Waals surface area contributed by atoms with Gasteiger partial charge >= 0.3 is 0 Å². The van der Waals surface area contributed by atoms with Crippen molar-refractivity contribution in [2.24, 2.45) is 5.92 Å². The number of nitrogens with zero attached hydrogens (tertiary/aromatic N) is 1. The summed E-state index contributed by atoms with van der Waals surface area (Å²) in [5.74, 6) is 0.0531. The molecule has 0 radical (unpaired) electrons. The average Bonchev–Trinajstić information content (AvgIpc) is 2.35. The molecular formula is C13H15Cl2NO2. The summed E-state index contributed by atoms with van der Waals surface area (Å²) in [5.41, 5.74) is 0.394. The van der Waals surface area contributed by atoms with Crippen LogP contribution >= 0.6 is 23.2 Å². The second-order valence-corrected chi connectivity index (χ2v) is 5.55. The van der Waals surface area contributed by atoms with Crippen molar-refractivity contribution >= 4 is 29.1 Å². The predicted octanol–water partition coefficient (Wildman–Crippen LogP) is 2.84. The van der Waals surface area contributed by atoms with Crippen molar-refractivity contribution in [2.75, 3.05) is 13.1 Å². The van der Waals surface area contributed by atoms with Crippen LogP contribution in [-0.4, -0.2) is 35.1 Å². The normalized spacial score (nSPS) is 24.1. The van der Waals surface area contributed by atoms with Gasteiger partial charge in [-0.3, -0.25) is 4.79 Å². The third-order valence-corrected chi connectivity index (χ3v) is 3.93. The van der Waals surface area contributed by atoms with Crippen molar-refractivity contribution in [3.8, 4) is 0 Å². The highest BCUT2D eigenvalue weighted by atomic mass is 35.5. The van der Waals surface area contributed by atoms with Gasteiger partial charge in [-0.1, -0.05) is 30.1 Å². The lowest BCUT2D eigenvalue weighted by atomic mass is 9.95. The zero-order valence-corrected chi connectivity index (χ0v) is 11.6. The van der Waals surface area contributed by atoms with Crippen molar-refractivity contribution in [1.29, 1.82) is 0 Å². The van der Waals surface area contributed by atoms with Gasteiger partial charge < -0.3 is 10.0 Å². The van der Waals surface area contributed by atoms with Gasteiger partial charge in [-0.2, -0.15) is 0 Å². The zero-order valence-electron chi connectivity index (χ0n) is 10.1. The van der Waals surface area contributed by atoms with Crippen LogP contribution in [-0.2, 0) is 0 Å². The van der Waals surface area contributed by atoms with Crippen molar-refractivity contribution in [3.63, 3.8) is 0 Å². The molecular weight excluding hydrogens is 273 g/mol. The minimum Gasteiger partial charge on any atom is -0.391 e. The Balaban J connectivity index is 2.19. The molecule has 1 aliphatic heterocycles. The van der Waals surface area contributed by atoms with Crippen LogP contribution in [0.5, 0.6) is 0 Å². The first-order chi connectivity index (χ1) is 8.49. The number of hydrogen-bond donors (Lipinski definition) is 1. The number of rotatable bonds is 1. The van der Waals surface area contributed by atoms with Crippen LogP contribution in [0.25, 0.3) is 0 Å². The zero-order chi connectivity index (χ0) is 13.3. The van der Waals surface area contributed by atoms with Gasteiger partial charge in [-0.15, -0.1) is 0 Å². The molecule has 2 unspecified atom stereocenters. The lowest BCUT2D eigenvalue weighted by Gasteiger charge is -2.34. The topological polar surface area (TPSA) is 40.5 Å². The summed E-state index contributed by atoms with van der Waals surface area (Å²) in [6.45, 7) is 2.97. The van der Waals surface area contributed by atoms with Gasteiger partial charge in [0.05, 0.1) is 16.7 Å². The molecule has 1 N–H and O–H groups in total. The van der Waals surface area contributed by atoms with Gasteiger partial charge in [0.25, 0.3) is 5.91 Å². The minimum atomic E-state index is -0.472. The molecule has 1 heterocycles. The number of hydrogen-bond acceptors (Lipinski definition) is 2. The van der Waals surface area contributed by atoms with Crippen LogP contribution in [0.1, 0.15) is 23.7 Å². The van der Waals surface area contributed by atoms with E-state index in [0.29, 0.717) is 28.7 Å². The van der Waals surface area contributed by atoms with E-state index in [1.165, 1.54) is 0 Å². The monoisotopic (exact) mass is 287 g/mol. The number of aliphatic hydroxyl groups excluding tert-OH is 1. The summed E-state index contributed by atoms with van der Waals surface area (Å²) in [5, 5.41) is 10.7. The van der Waals surface area contributed by atoms with Crippen molar-refractivity contribution < 1.29 is 9.90 Å². The second kappa shape index (κ2) is 5.47. The van der Waals surface area contributed by atoms with Crippen LogP contribution in [0.4, 0.5) is 0 Å². The van der Waals surface area contributed by atoms with Crippen LogP contribution in [0, 0.1) is 5.92 Å². The Morgan fingerprint density at radius 3 is 2.83 bits per heavy atom. The molecule has 0 bridgehead atoms. The number of aliphatic hydroxyl groups is 1. The molecule has 3 nitrogen and oxygen atoms in total. The fraction of sp³-hybridized carbons (Fsp3) is 0.462. The van der Waals surface area contributed by atoms with E-state index in [1.54, 1.807) is 23.1 Å². The summed E-state index contributed by atoms with van der Waals surface area (Å²) < 4.78 is 0. The first kappa shape index (κ1) is 13.7. The Morgan fingerprint density at radius 2 is 2.17 bits per heavy atom. The lowest BCUT2D eigenvalue weighted by molar-refractivity contribution is 0.0249. The Kier molecular flexibility index (Phi) is 4.15. The Bertz CT molecular complexity index is 464. The van der Waals surface area contributed by atoms with E-state index in [-0.39, 0.29) is 11.8 Å². The molecule has 1 saturated heterocycles. The summed E-state index contributed by atoms with van der Waals surface area (Å²) in [4.78, 5) is 13.9. The van der Waals surface area contributed by atoms with E-state index in [4.69, 9.17) is 23.2 Å². The summed E-state index contributed by atoms with van der Waals surface area (Å²) in [6.07, 6.45) is 0.325. The van der Waals surface area contributed by atoms with Gasteiger partial charge in [0.1, 0.15) is 0 Å². The largest absolute Gasteiger partial charge is 0.391 e. The number of carbonyl (C=O) groups is 1. The van der Waals surface area contributed by atoms with Crippen molar-refractivity contribution in [1.82, 2.24) is 4.90 Å². The molecule has 0 spiro atoms. The highest BCUT2D eigenvalue weighted by Crippen LogP contribution is 2.24. The Hall–Kier alpha value is -0.770. The second-order valence-electron chi connectivity index (χ2n) is 4.71. The van der Waals surface area contributed by atoms with Crippen molar-refractivity contribution in [2.45, 2.75) is 19.4 Å². The fourth-order valence-electron chi connectivity index (χ4n) is 2.07. The van der Waals surface area contributed by atoms with Gasteiger partial charge in [0, 0.05) is 18.1 Å². The molecule has 0 aromatic heterocycles. The molecule has 2 atom stereocenters. The number of likely N-dealkylation sites (tertiary alicyclic amines) is 1. The molecule has 5 heteroatoms. The molecule has 98 valence electrons. The minimum absolute atomic E-state index is 0.173. The number of halogens is 2. The first-order valence-corrected chi connectivity index (χ1v) is 6.67. The molecule has 1 fully saturated rings. The van der Waals surface area contributed by atoms with Gasteiger partial charge in [-0.25, -0.2) is 0 Å². The number of carbonyl (C=O) groups excluding carboxylic acids is 1. The fourth-order valence-corrected chi connectivity index (χ4v) is 2.44. The smallest absolute Gasteiger partial charge is 0.255 e. The molecule has 1 aliphatic rings. The molecule has 0 saturated carbocycles. The van der Waals surface area contributed by atoms with Gasteiger partial charge in [0.2, 0.25) is 0 Å². The summed E-state index contributed by atoms with van der Waals surface area (Å²) in [6, 6.07) is 4.82. The van der Waals surface area contributed by atoms with Crippen LogP contribution in [0.15, 0.2) is 18.2 Å².